The monoisotopic (exact) mass is 286 g/mol. The topological polar surface area (TPSA) is 22.4 Å². The number of hydrogen-bond donors (Lipinski definition) is 0. The summed E-state index contributed by atoms with van der Waals surface area (Å²) in [6, 6.07) is 14.4. The molecule has 2 heterocycles. The quantitative estimate of drug-likeness (QED) is 0.625. The summed E-state index contributed by atoms with van der Waals surface area (Å²) in [5.41, 5.74) is 3.00. The zero-order valence-corrected chi connectivity index (χ0v) is 11.8. The van der Waals surface area contributed by atoms with Gasteiger partial charge in [-0.1, -0.05) is 24.3 Å². The second-order valence-corrected chi connectivity index (χ2v) is 5.85. The molecule has 4 rings (SSSR count). The molecule has 3 heteroatoms. The highest BCUT2D eigenvalue weighted by atomic mass is 35.5. The number of benzene rings is 2. The SMILES string of the molecule is ClC(c1ccc2oc3ccccc3c2c1)C1CCOC1. The van der Waals surface area contributed by atoms with Crippen LogP contribution in [0, 0.1) is 5.92 Å². The molecule has 1 aliphatic heterocycles. The smallest absolute Gasteiger partial charge is 0.135 e. The molecule has 1 aliphatic rings. The molecule has 0 radical (unpaired) electrons. The first kappa shape index (κ1) is 12.2. The number of hydrogen-bond acceptors (Lipinski definition) is 2. The molecule has 0 bridgehead atoms. The molecule has 2 aromatic carbocycles. The highest BCUT2D eigenvalue weighted by molar-refractivity contribution is 6.21. The number of para-hydroxylation sites is 1. The van der Waals surface area contributed by atoms with Crippen molar-refractivity contribution in [3.05, 3.63) is 48.0 Å². The van der Waals surface area contributed by atoms with E-state index in [1.54, 1.807) is 0 Å². The maximum atomic E-state index is 6.62. The van der Waals surface area contributed by atoms with Crippen LogP contribution in [0.2, 0.25) is 0 Å². The van der Waals surface area contributed by atoms with Gasteiger partial charge < -0.3 is 9.15 Å². The normalized spacial score (nSPS) is 20.8. The van der Waals surface area contributed by atoms with E-state index in [1.807, 2.05) is 24.3 Å². The van der Waals surface area contributed by atoms with Gasteiger partial charge in [-0.2, -0.15) is 0 Å². The summed E-state index contributed by atoms with van der Waals surface area (Å²) in [6.45, 7) is 1.59. The molecular formula is C17H15ClO2. The Bertz CT molecular complexity index is 756. The van der Waals surface area contributed by atoms with Gasteiger partial charge in [-0.05, 0) is 30.2 Å². The van der Waals surface area contributed by atoms with E-state index in [4.69, 9.17) is 20.8 Å². The molecule has 2 nitrogen and oxygen atoms in total. The maximum Gasteiger partial charge on any atom is 0.135 e. The van der Waals surface area contributed by atoms with Crippen LogP contribution in [0.5, 0.6) is 0 Å². The van der Waals surface area contributed by atoms with Crippen molar-refractivity contribution in [1.29, 1.82) is 0 Å². The third-order valence-corrected chi connectivity index (χ3v) is 4.71. The zero-order chi connectivity index (χ0) is 13.5. The maximum absolute atomic E-state index is 6.62. The van der Waals surface area contributed by atoms with Gasteiger partial charge in [0.25, 0.3) is 0 Å². The van der Waals surface area contributed by atoms with E-state index in [0.717, 1.165) is 47.1 Å². The lowest BCUT2D eigenvalue weighted by Gasteiger charge is -2.15. The van der Waals surface area contributed by atoms with Gasteiger partial charge >= 0.3 is 0 Å². The number of halogens is 1. The van der Waals surface area contributed by atoms with Gasteiger partial charge in [0.1, 0.15) is 11.2 Å². The molecular weight excluding hydrogens is 272 g/mol. The molecule has 1 saturated heterocycles. The van der Waals surface area contributed by atoms with Crippen molar-refractivity contribution < 1.29 is 9.15 Å². The van der Waals surface area contributed by atoms with Crippen LogP contribution in [-0.4, -0.2) is 13.2 Å². The summed E-state index contributed by atoms with van der Waals surface area (Å²) in [7, 11) is 0. The number of ether oxygens (including phenoxy) is 1. The van der Waals surface area contributed by atoms with Gasteiger partial charge in [-0.15, -0.1) is 11.6 Å². The fraction of sp³-hybridized carbons (Fsp3) is 0.294. The number of rotatable bonds is 2. The van der Waals surface area contributed by atoms with E-state index in [-0.39, 0.29) is 5.38 Å². The third-order valence-electron chi connectivity index (χ3n) is 4.10. The van der Waals surface area contributed by atoms with E-state index in [0.29, 0.717) is 5.92 Å². The van der Waals surface area contributed by atoms with E-state index < -0.39 is 0 Å². The molecule has 0 saturated carbocycles. The van der Waals surface area contributed by atoms with Crippen LogP contribution >= 0.6 is 11.6 Å². The van der Waals surface area contributed by atoms with Crippen molar-refractivity contribution in [2.24, 2.45) is 5.92 Å². The predicted molar refractivity (Wildman–Crippen MR) is 81.2 cm³/mol. The van der Waals surface area contributed by atoms with Crippen molar-refractivity contribution in [1.82, 2.24) is 0 Å². The first-order valence-electron chi connectivity index (χ1n) is 6.96. The molecule has 1 fully saturated rings. The second kappa shape index (κ2) is 4.80. The van der Waals surface area contributed by atoms with Crippen LogP contribution in [0.25, 0.3) is 21.9 Å². The molecule has 1 aromatic heterocycles. The fourth-order valence-electron chi connectivity index (χ4n) is 2.97. The summed E-state index contributed by atoms with van der Waals surface area (Å²) in [5.74, 6) is 0.410. The molecule has 3 aromatic rings. The Morgan fingerprint density at radius 1 is 1.05 bits per heavy atom. The highest BCUT2D eigenvalue weighted by Crippen LogP contribution is 2.37. The van der Waals surface area contributed by atoms with E-state index in [9.17, 15) is 0 Å². The van der Waals surface area contributed by atoms with Crippen LogP contribution in [0.3, 0.4) is 0 Å². The number of fused-ring (bicyclic) bond motifs is 3. The molecule has 102 valence electrons. The minimum absolute atomic E-state index is 0.00978. The van der Waals surface area contributed by atoms with Gasteiger partial charge in [0.15, 0.2) is 0 Å². The number of furan rings is 1. The Morgan fingerprint density at radius 3 is 2.75 bits per heavy atom. The first-order valence-corrected chi connectivity index (χ1v) is 7.39. The molecule has 0 amide bonds. The summed E-state index contributed by atoms with van der Waals surface area (Å²) in [6.07, 6.45) is 1.04. The van der Waals surface area contributed by atoms with E-state index >= 15 is 0 Å². The van der Waals surface area contributed by atoms with Gasteiger partial charge in [0.2, 0.25) is 0 Å². The van der Waals surface area contributed by atoms with Crippen molar-refractivity contribution in [3.8, 4) is 0 Å². The van der Waals surface area contributed by atoms with Gasteiger partial charge in [0.05, 0.1) is 12.0 Å². The van der Waals surface area contributed by atoms with Crippen LogP contribution in [-0.2, 0) is 4.74 Å². The Kier molecular flexibility index (Phi) is 2.94. The van der Waals surface area contributed by atoms with E-state index in [1.165, 1.54) is 0 Å². The van der Waals surface area contributed by atoms with Crippen LogP contribution < -0.4 is 0 Å². The van der Waals surface area contributed by atoms with E-state index in [2.05, 4.69) is 18.2 Å². The standard InChI is InChI=1S/C17H15ClO2/c18-17(12-7-8-19-10-12)11-5-6-16-14(9-11)13-3-1-2-4-15(13)20-16/h1-6,9,12,17H,7-8,10H2. The van der Waals surface area contributed by atoms with Crippen molar-refractivity contribution in [2.75, 3.05) is 13.2 Å². The Morgan fingerprint density at radius 2 is 1.90 bits per heavy atom. The molecule has 0 N–H and O–H groups in total. The fourth-order valence-corrected chi connectivity index (χ4v) is 3.31. The van der Waals surface area contributed by atoms with Crippen molar-refractivity contribution in [3.63, 3.8) is 0 Å². The highest BCUT2D eigenvalue weighted by Gasteiger charge is 2.25. The zero-order valence-electron chi connectivity index (χ0n) is 11.0. The molecule has 2 atom stereocenters. The minimum atomic E-state index is 0.00978. The second-order valence-electron chi connectivity index (χ2n) is 5.38. The minimum Gasteiger partial charge on any atom is -0.456 e. The molecule has 2 unspecified atom stereocenters. The lowest BCUT2D eigenvalue weighted by atomic mass is 9.97. The summed E-state index contributed by atoms with van der Waals surface area (Å²) in [4.78, 5) is 0. The average Bonchev–Trinajstić information content (AvgIpc) is 3.13. The lowest BCUT2D eigenvalue weighted by molar-refractivity contribution is 0.185. The average molecular weight is 287 g/mol. The Balaban J connectivity index is 1.82. The van der Waals surface area contributed by atoms with Crippen LogP contribution in [0.1, 0.15) is 17.4 Å². The Hall–Kier alpha value is -1.51. The molecule has 0 aliphatic carbocycles. The molecule has 20 heavy (non-hydrogen) atoms. The first-order chi connectivity index (χ1) is 9.83. The summed E-state index contributed by atoms with van der Waals surface area (Å²) < 4.78 is 11.3. The van der Waals surface area contributed by atoms with Crippen LogP contribution in [0.4, 0.5) is 0 Å². The summed E-state index contributed by atoms with van der Waals surface area (Å²) >= 11 is 6.62. The Labute approximate surface area is 122 Å². The number of alkyl halides is 1. The largest absolute Gasteiger partial charge is 0.456 e. The van der Waals surface area contributed by atoms with Gasteiger partial charge in [-0.3, -0.25) is 0 Å². The lowest BCUT2D eigenvalue weighted by Crippen LogP contribution is -2.07. The van der Waals surface area contributed by atoms with Gasteiger partial charge in [-0.25, -0.2) is 0 Å². The van der Waals surface area contributed by atoms with Gasteiger partial charge in [0, 0.05) is 23.3 Å². The van der Waals surface area contributed by atoms with Crippen molar-refractivity contribution >= 4 is 33.5 Å². The summed E-state index contributed by atoms with van der Waals surface area (Å²) in [5, 5.41) is 2.30. The van der Waals surface area contributed by atoms with Crippen LogP contribution in [0.15, 0.2) is 46.9 Å². The predicted octanol–water partition coefficient (Wildman–Crippen LogP) is 4.90. The molecule has 0 spiro atoms. The van der Waals surface area contributed by atoms with Crippen molar-refractivity contribution in [2.45, 2.75) is 11.8 Å². The third kappa shape index (κ3) is 1.91.